The average molecular weight is 353 g/mol. The number of aryl methyl sites for hydroxylation is 2. The minimum absolute atomic E-state index is 0.902. The molecule has 0 amide bonds. The molecule has 1 aliphatic heterocycles. The van der Waals surface area contributed by atoms with Gasteiger partial charge in [-0.1, -0.05) is 25.1 Å². The van der Waals surface area contributed by atoms with Crippen LogP contribution in [0.1, 0.15) is 24.9 Å². The van der Waals surface area contributed by atoms with Crippen molar-refractivity contribution in [3.8, 4) is 0 Å². The van der Waals surface area contributed by atoms with Crippen molar-refractivity contribution in [1.82, 2.24) is 14.3 Å². The lowest BCUT2D eigenvalue weighted by molar-refractivity contribution is 0.802. The monoisotopic (exact) mass is 353 g/mol. The van der Waals surface area contributed by atoms with Crippen molar-refractivity contribution in [2.75, 3.05) is 36.0 Å². The molecule has 0 N–H and O–H groups in total. The fourth-order valence-corrected chi connectivity index (χ4v) is 4.21. The maximum atomic E-state index is 4.68. The Hall–Kier alpha value is -2.21. The summed E-state index contributed by atoms with van der Waals surface area (Å²) in [4.78, 5) is 14.2. The number of para-hydroxylation sites is 1. The van der Waals surface area contributed by atoms with Crippen LogP contribution < -0.4 is 9.80 Å². The van der Waals surface area contributed by atoms with Crippen LogP contribution in [0.4, 0.5) is 10.8 Å². The van der Waals surface area contributed by atoms with Gasteiger partial charge in [0.1, 0.15) is 5.82 Å². The van der Waals surface area contributed by atoms with Gasteiger partial charge in [-0.2, -0.15) is 4.37 Å². The molecule has 0 spiro atoms. The van der Waals surface area contributed by atoms with Crippen molar-refractivity contribution in [1.29, 1.82) is 0 Å². The zero-order chi connectivity index (χ0) is 17.2. The van der Waals surface area contributed by atoms with Crippen LogP contribution in [0.15, 0.2) is 30.3 Å². The molecule has 0 aliphatic carbocycles. The number of benzene rings is 1. The number of hydrogen-bond acceptors (Lipinski definition) is 6. The molecule has 0 bridgehead atoms. The van der Waals surface area contributed by atoms with Crippen molar-refractivity contribution in [3.05, 3.63) is 41.9 Å². The van der Waals surface area contributed by atoms with Crippen LogP contribution in [0.3, 0.4) is 0 Å². The normalized spacial score (nSPS) is 15.6. The molecule has 4 rings (SSSR count). The summed E-state index contributed by atoms with van der Waals surface area (Å²) in [7, 11) is 0. The molecule has 3 heterocycles. The van der Waals surface area contributed by atoms with Gasteiger partial charge in [-0.15, -0.1) is 0 Å². The molecule has 3 aromatic rings. The maximum absolute atomic E-state index is 4.68. The summed E-state index contributed by atoms with van der Waals surface area (Å²) in [6, 6.07) is 10.7. The van der Waals surface area contributed by atoms with Gasteiger partial charge in [0.15, 0.2) is 0 Å². The second-order valence-electron chi connectivity index (χ2n) is 6.47. The Labute approximate surface area is 152 Å². The van der Waals surface area contributed by atoms with Crippen molar-refractivity contribution in [3.63, 3.8) is 0 Å². The maximum Gasteiger partial charge on any atom is 0.205 e. The first kappa shape index (κ1) is 16.3. The molecule has 5 nitrogen and oxygen atoms in total. The zero-order valence-electron chi connectivity index (χ0n) is 14.8. The lowest BCUT2D eigenvalue weighted by Crippen LogP contribution is -2.30. The van der Waals surface area contributed by atoms with E-state index >= 15 is 0 Å². The molecule has 0 unspecified atom stereocenters. The van der Waals surface area contributed by atoms with Gasteiger partial charge in [-0.05, 0) is 25.5 Å². The fourth-order valence-electron chi connectivity index (χ4n) is 3.41. The van der Waals surface area contributed by atoms with Crippen molar-refractivity contribution in [2.45, 2.75) is 26.7 Å². The Morgan fingerprint density at radius 2 is 1.84 bits per heavy atom. The largest absolute Gasteiger partial charge is 0.369 e. The van der Waals surface area contributed by atoms with E-state index in [-0.39, 0.29) is 0 Å². The Balaban J connectivity index is 1.59. The Morgan fingerprint density at radius 1 is 1.04 bits per heavy atom. The van der Waals surface area contributed by atoms with Crippen molar-refractivity contribution in [2.24, 2.45) is 0 Å². The molecule has 0 radical (unpaired) electrons. The van der Waals surface area contributed by atoms with Gasteiger partial charge in [0.05, 0.1) is 5.52 Å². The van der Waals surface area contributed by atoms with Crippen LogP contribution >= 0.6 is 11.5 Å². The molecule has 1 saturated heterocycles. The molecule has 1 fully saturated rings. The molecule has 25 heavy (non-hydrogen) atoms. The highest BCUT2D eigenvalue weighted by molar-refractivity contribution is 7.09. The number of aromatic nitrogens is 3. The molecule has 130 valence electrons. The van der Waals surface area contributed by atoms with Crippen LogP contribution in [-0.4, -0.2) is 40.5 Å². The third-order valence-corrected chi connectivity index (χ3v) is 5.52. The van der Waals surface area contributed by atoms with Gasteiger partial charge in [-0.3, -0.25) is 4.98 Å². The minimum atomic E-state index is 0.902. The summed E-state index contributed by atoms with van der Waals surface area (Å²) >= 11 is 1.53. The third-order valence-electron chi connectivity index (χ3n) is 4.70. The van der Waals surface area contributed by atoms with E-state index < -0.39 is 0 Å². The Morgan fingerprint density at radius 3 is 2.68 bits per heavy atom. The summed E-state index contributed by atoms with van der Waals surface area (Å²) in [6.07, 6.45) is 2.02. The summed E-state index contributed by atoms with van der Waals surface area (Å²) in [5, 5.41) is 2.31. The first-order valence-electron chi connectivity index (χ1n) is 8.93. The van der Waals surface area contributed by atoms with Gasteiger partial charge in [0.25, 0.3) is 0 Å². The van der Waals surface area contributed by atoms with Crippen LogP contribution in [0.2, 0.25) is 0 Å². The SMILES string of the molecule is CCc1nsc(N2CCCN(c3cc(C)nc4ccccc34)CC2)n1. The minimum Gasteiger partial charge on any atom is -0.369 e. The van der Waals surface area contributed by atoms with Crippen LogP contribution in [0.25, 0.3) is 10.9 Å². The van der Waals surface area contributed by atoms with E-state index in [9.17, 15) is 0 Å². The van der Waals surface area contributed by atoms with Gasteiger partial charge in [-0.25, -0.2) is 4.98 Å². The first-order chi connectivity index (χ1) is 12.2. The zero-order valence-corrected chi connectivity index (χ0v) is 15.6. The molecule has 0 atom stereocenters. The van der Waals surface area contributed by atoms with Crippen LogP contribution in [0, 0.1) is 6.92 Å². The van der Waals surface area contributed by atoms with E-state index in [0.29, 0.717) is 0 Å². The predicted molar refractivity (Wildman–Crippen MR) is 105 cm³/mol. The second kappa shape index (κ2) is 6.96. The summed E-state index contributed by atoms with van der Waals surface area (Å²) in [5.74, 6) is 0.955. The number of fused-ring (bicyclic) bond motifs is 1. The smallest absolute Gasteiger partial charge is 0.205 e. The number of nitrogens with zero attached hydrogens (tertiary/aromatic N) is 5. The number of hydrogen-bond donors (Lipinski definition) is 0. The summed E-state index contributed by atoms with van der Waals surface area (Å²) < 4.78 is 4.44. The summed E-state index contributed by atoms with van der Waals surface area (Å²) in [5.41, 5.74) is 3.46. The lowest BCUT2D eigenvalue weighted by Gasteiger charge is -2.25. The van der Waals surface area contributed by atoms with E-state index in [2.05, 4.69) is 68.3 Å². The number of rotatable bonds is 3. The Kier molecular flexibility index (Phi) is 4.53. The van der Waals surface area contributed by atoms with Crippen LogP contribution in [-0.2, 0) is 6.42 Å². The first-order valence-corrected chi connectivity index (χ1v) is 9.71. The van der Waals surface area contributed by atoms with E-state index in [4.69, 9.17) is 0 Å². The molecule has 1 aromatic carbocycles. The topological polar surface area (TPSA) is 45.2 Å². The van der Waals surface area contributed by atoms with E-state index in [1.54, 1.807) is 0 Å². The number of pyridine rings is 1. The van der Waals surface area contributed by atoms with Gasteiger partial charge in [0.2, 0.25) is 5.13 Å². The molecule has 0 saturated carbocycles. The second-order valence-corrected chi connectivity index (χ2v) is 7.20. The molecular formula is C19H23N5S. The van der Waals surface area contributed by atoms with Gasteiger partial charge >= 0.3 is 0 Å². The molecule has 2 aromatic heterocycles. The van der Waals surface area contributed by atoms with E-state index in [1.807, 2.05) is 0 Å². The van der Waals surface area contributed by atoms with Gasteiger partial charge < -0.3 is 9.80 Å². The molecule has 6 heteroatoms. The predicted octanol–water partition coefficient (Wildman–Crippen LogP) is 3.67. The number of anilines is 2. The standard InChI is InChI=1S/C19H23N5S/c1-3-18-21-19(25-22-18)24-10-6-9-23(11-12-24)17-13-14(2)20-16-8-5-4-7-15(16)17/h4-5,7-8,13H,3,6,9-12H2,1-2H3. The van der Waals surface area contributed by atoms with Crippen molar-refractivity contribution >= 4 is 33.3 Å². The van der Waals surface area contributed by atoms with Gasteiger partial charge in [0, 0.05) is 60.9 Å². The Bertz CT molecular complexity index is 875. The van der Waals surface area contributed by atoms with E-state index in [0.717, 1.165) is 61.2 Å². The van der Waals surface area contributed by atoms with Crippen molar-refractivity contribution < 1.29 is 0 Å². The van der Waals surface area contributed by atoms with Crippen LogP contribution in [0.5, 0.6) is 0 Å². The quantitative estimate of drug-likeness (QED) is 0.719. The molecular weight excluding hydrogens is 330 g/mol. The highest BCUT2D eigenvalue weighted by Gasteiger charge is 2.19. The lowest BCUT2D eigenvalue weighted by atomic mass is 10.1. The fraction of sp³-hybridized carbons (Fsp3) is 0.421. The third kappa shape index (κ3) is 3.31. The average Bonchev–Trinajstić information content (AvgIpc) is 2.98. The molecule has 1 aliphatic rings. The highest BCUT2D eigenvalue weighted by Crippen LogP contribution is 2.28. The summed E-state index contributed by atoms with van der Waals surface area (Å²) in [6.45, 7) is 8.25. The highest BCUT2D eigenvalue weighted by atomic mass is 32.1. The van der Waals surface area contributed by atoms with E-state index in [1.165, 1.54) is 22.6 Å².